The van der Waals surface area contributed by atoms with Crippen LogP contribution in [0.1, 0.15) is 31.2 Å². The highest BCUT2D eigenvalue weighted by Gasteiger charge is 2.22. The predicted molar refractivity (Wildman–Crippen MR) is 150 cm³/mol. The molecule has 1 aliphatic rings. The molecule has 9 heteroatoms. The van der Waals surface area contributed by atoms with Crippen molar-refractivity contribution in [2.45, 2.75) is 31.7 Å². The van der Waals surface area contributed by atoms with E-state index in [0.29, 0.717) is 46.5 Å². The molecule has 0 spiro atoms. The van der Waals surface area contributed by atoms with Crippen molar-refractivity contribution in [1.29, 1.82) is 0 Å². The molecule has 0 unspecified atom stereocenters. The number of hydrogen-bond acceptors (Lipinski definition) is 7. The predicted octanol–water partition coefficient (Wildman–Crippen LogP) is 5.17. The third-order valence-electron chi connectivity index (χ3n) is 6.68. The minimum Gasteiger partial charge on any atom is -0.493 e. The maximum absolute atomic E-state index is 12.4. The highest BCUT2D eigenvalue weighted by Crippen LogP contribution is 2.37. The van der Waals surface area contributed by atoms with Crippen molar-refractivity contribution in [1.82, 2.24) is 15.3 Å². The Morgan fingerprint density at radius 2 is 1.84 bits per heavy atom. The van der Waals surface area contributed by atoms with Crippen LogP contribution in [-0.4, -0.2) is 56.8 Å². The first-order valence-corrected chi connectivity index (χ1v) is 12.8. The Bertz CT molecular complexity index is 1270. The van der Waals surface area contributed by atoms with Gasteiger partial charge in [-0.3, -0.25) is 4.79 Å². The van der Waals surface area contributed by atoms with Crippen LogP contribution in [0.15, 0.2) is 42.5 Å². The number of halogens is 1. The second kappa shape index (κ2) is 12.1. The van der Waals surface area contributed by atoms with E-state index in [1.54, 1.807) is 25.3 Å². The van der Waals surface area contributed by atoms with Gasteiger partial charge in [-0.25, -0.2) is 4.98 Å². The Hall–Kier alpha value is -3.52. The lowest BCUT2D eigenvalue weighted by atomic mass is 9.86. The fourth-order valence-electron chi connectivity index (χ4n) is 4.66. The van der Waals surface area contributed by atoms with Crippen LogP contribution >= 0.6 is 11.6 Å². The van der Waals surface area contributed by atoms with Crippen LogP contribution in [0.2, 0.25) is 5.02 Å². The summed E-state index contributed by atoms with van der Waals surface area (Å²) in [5.74, 6) is 2.86. The largest absolute Gasteiger partial charge is 0.493 e. The lowest BCUT2D eigenvalue weighted by molar-refractivity contribution is -0.116. The first kappa shape index (κ1) is 26.5. The third-order valence-corrected chi connectivity index (χ3v) is 7.07. The van der Waals surface area contributed by atoms with E-state index in [9.17, 15) is 4.79 Å². The number of nitrogens with zero attached hydrogens (tertiary/aromatic N) is 3. The zero-order valence-electron chi connectivity index (χ0n) is 21.8. The average molecular weight is 524 g/mol. The third kappa shape index (κ3) is 6.43. The molecule has 0 bridgehead atoms. The standard InChI is InChI=1S/C28H34ClN5O3/c1-34(2)27-21-7-5-6-8-22(21)32-28(33-27)31-20-13-9-18(10-14-20)17-30-24(35)16-12-19-11-15-23(36-3)26(37-4)25(19)29/h5-8,11-12,15-16,18,20H,9-10,13-14,17H2,1-4H3,(H,30,35)(H,31,32,33). The number of fused-ring (bicyclic) bond motifs is 1. The number of aromatic nitrogens is 2. The first-order valence-electron chi connectivity index (χ1n) is 12.5. The van der Waals surface area contributed by atoms with Crippen LogP contribution in [0.3, 0.4) is 0 Å². The minimum atomic E-state index is -0.146. The topological polar surface area (TPSA) is 88.6 Å². The van der Waals surface area contributed by atoms with Crippen molar-refractivity contribution >= 4 is 46.3 Å². The number of carbonyl (C=O) groups excluding carboxylic acids is 1. The molecule has 0 radical (unpaired) electrons. The summed E-state index contributed by atoms with van der Waals surface area (Å²) in [7, 11) is 7.08. The highest BCUT2D eigenvalue weighted by atomic mass is 35.5. The molecule has 1 fully saturated rings. The van der Waals surface area contributed by atoms with E-state index in [2.05, 4.69) is 10.6 Å². The number of ether oxygens (including phenoxy) is 2. The number of carbonyl (C=O) groups is 1. The number of methoxy groups -OCH3 is 2. The fourth-order valence-corrected chi connectivity index (χ4v) is 4.96. The van der Waals surface area contributed by atoms with E-state index in [-0.39, 0.29) is 5.91 Å². The average Bonchev–Trinajstić information content (AvgIpc) is 2.91. The molecule has 4 rings (SSSR count). The lowest BCUT2D eigenvalue weighted by Crippen LogP contribution is -2.33. The molecule has 37 heavy (non-hydrogen) atoms. The zero-order valence-corrected chi connectivity index (χ0v) is 22.5. The van der Waals surface area contributed by atoms with Crippen molar-refractivity contribution in [3.05, 3.63) is 53.1 Å². The van der Waals surface area contributed by atoms with E-state index in [1.807, 2.05) is 43.3 Å². The molecule has 1 heterocycles. The van der Waals surface area contributed by atoms with Crippen molar-refractivity contribution in [3.63, 3.8) is 0 Å². The van der Waals surface area contributed by atoms with Gasteiger partial charge in [-0.2, -0.15) is 4.98 Å². The number of amides is 1. The van der Waals surface area contributed by atoms with Crippen LogP contribution < -0.4 is 25.0 Å². The van der Waals surface area contributed by atoms with Gasteiger partial charge in [0.2, 0.25) is 11.9 Å². The Morgan fingerprint density at radius 1 is 1.08 bits per heavy atom. The van der Waals surface area contributed by atoms with Crippen LogP contribution in [-0.2, 0) is 4.79 Å². The fraction of sp³-hybridized carbons (Fsp3) is 0.393. The number of anilines is 2. The second-order valence-corrected chi connectivity index (χ2v) is 9.81. The number of nitrogens with one attached hydrogen (secondary N) is 2. The molecule has 0 aliphatic heterocycles. The van der Waals surface area contributed by atoms with Gasteiger partial charge in [0.1, 0.15) is 5.82 Å². The van der Waals surface area contributed by atoms with Gasteiger partial charge in [-0.05, 0) is 67.5 Å². The highest BCUT2D eigenvalue weighted by molar-refractivity contribution is 6.33. The summed E-state index contributed by atoms with van der Waals surface area (Å²) in [6.07, 6.45) is 7.25. The van der Waals surface area contributed by atoms with Gasteiger partial charge in [0.15, 0.2) is 11.5 Å². The van der Waals surface area contributed by atoms with Gasteiger partial charge in [-0.15, -0.1) is 0 Å². The molecule has 1 aromatic heterocycles. The van der Waals surface area contributed by atoms with E-state index in [0.717, 1.165) is 42.4 Å². The Balaban J connectivity index is 1.27. The molecule has 2 N–H and O–H groups in total. The molecule has 8 nitrogen and oxygen atoms in total. The quantitative estimate of drug-likeness (QED) is 0.374. The Kier molecular flexibility index (Phi) is 8.71. The summed E-state index contributed by atoms with van der Waals surface area (Å²) in [4.78, 5) is 23.9. The monoisotopic (exact) mass is 523 g/mol. The Morgan fingerprint density at radius 3 is 2.54 bits per heavy atom. The first-order chi connectivity index (χ1) is 17.9. The molecular formula is C28H34ClN5O3. The summed E-state index contributed by atoms with van der Waals surface area (Å²) in [6, 6.07) is 11.9. The molecule has 0 atom stereocenters. The number of para-hydroxylation sites is 1. The van der Waals surface area contributed by atoms with Gasteiger partial charge in [0.25, 0.3) is 0 Å². The summed E-state index contributed by atoms with van der Waals surface area (Å²) in [5.41, 5.74) is 1.62. The van der Waals surface area contributed by atoms with Gasteiger partial charge >= 0.3 is 0 Å². The van der Waals surface area contributed by atoms with Gasteiger partial charge in [-0.1, -0.05) is 23.7 Å². The van der Waals surface area contributed by atoms with Crippen molar-refractivity contribution in [3.8, 4) is 11.5 Å². The molecule has 1 saturated carbocycles. The molecule has 1 aliphatic carbocycles. The van der Waals surface area contributed by atoms with E-state index < -0.39 is 0 Å². The lowest BCUT2D eigenvalue weighted by Gasteiger charge is -2.29. The minimum absolute atomic E-state index is 0.146. The normalized spacial score (nSPS) is 17.5. The van der Waals surface area contributed by atoms with Crippen LogP contribution in [0.5, 0.6) is 11.5 Å². The Labute approximate surface area is 223 Å². The summed E-state index contributed by atoms with van der Waals surface area (Å²) < 4.78 is 10.6. The maximum Gasteiger partial charge on any atom is 0.244 e. The molecular weight excluding hydrogens is 490 g/mol. The number of hydrogen-bond donors (Lipinski definition) is 2. The van der Waals surface area contributed by atoms with Gasteiger partial charge in [0, 0.05) is 38.1 Å². The van der Waals surface area contributed by atoms with Crippen molar-refractivity contribution in [2.75, 3.05) is 45.1 Å². The molecule has 0 saturated heterocycles. The smallest absolute Gasteiger partial charge is 0.244 e. The van der Waals surface area contributed by atoms with Crippen LogP contribution in [0.4, 0.5) is 11.8 Å². The molecule has 196 valence electrons. The summed E-state index contributed by atoms with van der Waals surface area (Å²) in [5, 5.41) is 8.01. The van der Waals surface area contributed by atoms with E-state index in [4.69, 9.17) is 31.0 Å². The maximum atomic E-state index is 12.4. The zero-order chi connectivity index (χ0) is 26.4. The number of benzene rings is 2. The van der Waals surface area contributed by atoms with Gasteiger partial charge in [0.05, 0.1) is 24.8 Å². The number of rotatable bonds is 9. The van der Waals surface area contributed by atoms with E-state index in [1.165, 1.54) is 13.2 Å². The van der Waals surface area contributed by atoms with Crippen LogP contribution in [0.25, 0.3) is 17.0 Å². The van der Waals surface area contributed by atoms with Crippen molar-refractivity contribution in [2.24, 2.45) is 5.92 Å². The van der Waals surface area contributed by atoms with Crippen molar-refractivity contribution < 1.29 is 14.3 Å². The van der Waals surface area contributed by atoms with Crippen LogP contribution in [0, 0.1) is 5.92 Å². The molecule has 3 aromatic rings. The molecule has 2 aromatic carbocycles. The van der Waals surface area contributed by atoms with E-state index >= 15 is 0 Å². The SMILES string of the molecule is COc1ccc(C=CC(=O)NCC2CCC(Nc3nc(N(C)C)c4ccccc4n3)CC2)c(Cl)c1OC. The second-order valence-electron chi connectivity index (χ2n) is 9.43. The summed E-state index contributed by atoms with van der Waals surface area (Å²) >= 11 is 6.39. The van der Waals surface area contributed by atoms with Gasteiger partial charge < -0.3 is 25.0 Å². The summed E-state index contributed by atoms with van der Waals surface area (Å²) in [6.45, 7) is 0.646. The molecule has 1 amide bonds.